The lowest BCUT2D eigenvalue weighted by Crippen LogP contribution is -2.42. The molecular formula is C21H34O2. The molecule has 3 aliphatic rings. The van der Waals surface area contributed by atoms with Gasteiger partial charge in [-0.2, -0.15) is 0 Å². The first-order chi connectivity index (χ1) is 10.9. The fraction of sp³-hybridized carbons (Fsp3) is 0.810. The molecule has 23 heavy (non-hydrogen) atoms. The molecule has 0 saturated heterocycles. The van der Waals surface area contributed by atoms with Crippen molar-refractivity contribution in [3.63, 3.8) is 0 Å². The minimum atomic E-state index is 0.229. The van der Waals surface area contributed by atoms with E-state index in [1.165, 1.54) is 19.3 Å². The lowest BCUT2D eigenvalue weighted by atomic mass is 9.60. The van der Waals surface area contributed by atoms with Crippen LogP contribution in [0.25, 0.3) is 0 Å². The van der Waals surface area contributed by atoms with E-state index in [0.717, 1.165) is 18.3 Å². The van der Waals surface area contributed by atoms with Crippen LogP contribution in [0.5, 0.6) is 0 Å². The van der Waals surface area contributed by atoms with E-state index < -0.39 is 0 Å². The smallest absolute Gasteiger partial charge is 0.114 e. The molecule has 1 heterocycles. The van der Waals surface area contributed by atoms with Crippen LogP contribution in [0.2, 0.25) is 0 Å². The van der Waals surface area contributed by atoms with Crippen molar-refractivity contribution in [2.45, 2.75) is 66.4 Å². The summed E-state index contributed by atoms with van der Waals surface area (Å²) in [5.74, 6) is 3.57. The first-order valence-electron chi connectivity index (χ1n) is 9.60. The molecule has 3 rings (SSSR count). The van der Waals surface area contributed by atoms with Gasteiger partial charge in [-0.05, 0) is 66.3 Å². The Morgan fingerprint density at radius 3 is 2.65 bits per heavy atom. The fourth-order valence-electron chi connectivity index (χ4n) is 5.20. The highest BCUT2D eigenvalue weighted by molar-refractivity contribution is 5.24. The van der Waals surface area contributed by atoms with Crippen LogP contribution >= 0.6 is 0 Å². The third-order valence-electron chi connectivity index (χ3n) is 7.10. The van der Waals surface area contributed by atoms with Crippen LogP contribution in [0.15, 0.2) is 23.8 Å². The van der Waals surface area contributed by atoms with Gasteiger partial charge in [0.1, 0.15) is 12.7 Å². The van der Waals surface area contributed by atoms with Gasteiger partial charge in [0.2, 0.25) is 0 Å². The predicted octanol–water partition coefficient (Wildman–Crippen LogP) is 5.55. The minimum Gasteiger partial charge on any atom is -0.232 e. The molecule has 0 amide bonds. The van der Waals surface area contributed by atoms with Crippen molar-refractivity contribution in [2.24, 2.45) is 35.0 Å². The zero-order valence-electron chi connectivity index (χ0n) is 15.5. The molecule has 2 nitrogen and oxygen atoms in total. The summed E-state index contributed by atoms with van der Waals surface area (Å²) in [6, 6.07) is 0. The highest BCUT2D eigenvalue weighted by Crippen LogP contribution is 2.60. The molecule has 2 aliphatic carbocycles. The second-order valence-corrected chi connectivity index (χ2v) is 8.70. The summed E-state index contributed by atoms with van der Waals surface area (Å²) in [5, 5.41) is 0. The van der Waals surface area contributed by atoms with E-state index >= 15 is 0 Å². The van der Waals surface area contributed by atoms with E-state index in [0.29, 0.717) is 29.8 Å². The number of fused-ring (bicyclic) bond motifs is 3. The molecule has 0 radical (unpaired) electrons. The van der Waals surface area contributed by atoms with Crippen molar-refractivity contribution >= 4 is 0 Å². The maximum absolute atomic E-state index is 5.55. The summed E-state index contributed by atoms with van der Waals surface area (Å²) in [4.78, 5) is 10.7. The van der Waals surface area contributed by atoms with Crippen molar-refractivity contribution in [2.75, 3.05) is 6.61 Å². The largest absolute Gasteiger partial charge is 0.232 e. The Kier molecular flexibility index (Phi) is 5.04. The first-order valence-corrected chi connectivity index (χ1v) is 9.60. The van der Waals surface area contributed by atoms with Crippen molar-refractivity contribution in [1.82, 2.24) is 0 Å². The molecule has 0 N–H and O–H groups in total. The molecule has 1 aliphatic heterocycles. The van der Waals surface area contributed by atoms with Gasteiger partial charge in [-0.3, -0.25) is 0 Å². The van der Waals surface area contributed by atoms with E-state index in [-0.39, 0.29) is 6.10 Å². The Labute approximate surface area is 142 Å². The number of hydrogen-bond donors (Lipinski definition) is 0. The molecular weight excluding hydrogens is 284 g/mol. The van der Waals surface area contributed by atoms with E-state index in [1.54, 1.807) is 5.57 Å². The Balaban J connectivity index is 1.74. The second kappa shape index (κ2) is 6.72. The van der Waals surface area contributed by atoms with Crippen molar-refractivity contribution in [1.29, 1.82) is 0 Å². The van der Waals surface area contributed by atoms with E-state index in [2.05, 4.69) is 52.8 Å². The maximum atomic E-state index is 5.55. The SMILES string of the molecule is CC(C)[C@@H](C)/C=C/[C@@H](C)[C@H]1CCC2C3=CCOO[C@H]3CC[C@@]21C. The summed E-state index contributed by atoms with van der Waals surface area (Å²) in [6.07, 6.45) is 12.6. The van der Waals surface area contributed by atoms with Crippen molar-refractivity contribution < 1.29 is 9.78 Å². The van der Waals surface area contributed by atoms with Crippen molar-refractivity contribution in [3.8, 4) is 0 Å². The molecule has 0 bridgehead atoms. The molecule has 0 aromatic rings. The monoisotopic (exact) mass is 318 g/mol. The van der Waals surface area contributed by atoms with Crippen LogP contribution in [-0.2, 0) is 9.78 Å². The highest BCUT2D eigenvalue weighted by atomic mass is 17.2. The van der Waals surface area contributed by atoms with E-state index in [1.807, 2.05) is 0 Å². The predicted molar refractivity (Wildman–Crippen MR) is 94.8 cm³/mol. The topological polar surface area (TPSA) is 18.5 Å². The normalized spacial score (nSPS) is 39.9. The first kappa shape index (κ1) is 17.2. The third kappa shape index (κ3) is 3.17. The molecule has 6 atom stereocenters. The van der Waals surface area contributed by atoms with E-state index in [9.17, 15) is 0 Å². The molecule has 1 unspecified atom stereocenters. The molecule has 2 heteroatoms. The zero-order chi connectivity index (χ0) is 16.6. The van der Waals surface area contributed by atoms with Gasteiger partial charge < -0.3 is 0 Å². The van der Waals surface area contributed by atoms with Gasteiger partial charge in [0.25, 0.3) is 0 Å². The lowest BCUT2D eigenvalue weighted by Gasteiger charge is -2.47. The summed E-state index contributed by atoms with van der Waals surface area (Å²) >= 11 is 0. The minimum absolute atomic E-state index is 0.229. The number of hydrogen-bond acceptors (Lipinski definition) is 2. The summed E-state index contributed by atoms with van der Waals surface area (Å²) in [6.45, 7) is 12.6. The van der Waals surface area contributed by atoms with Gasteiger partial charge >= 0.3 is 0 Å². The molecule has 2 saturated carbocycles. The van der Waals surface area contributed by atoms with Crippen molar-refractivity contribution in [3.05, 3.63) is 23.8 Å². The van der Waals surface area contributed by atoms with Crippen LogP contribution in [0.3, 0.4) is 0 Å². The molecule has 0 aromatic heterocycles. The summed E-state index contributed by atoms with van der Waals surface area (Å²) < 4.78 is 0. The van der Waals surface area contributed by atoms with Crippen LogP contribution < -0.4 is 0 Å². The van der Waals surface area contributed by atoms with Gasteiger partial charge in [-0.25, -0.2) is 9.78 Å². The van der Waals surface area contributed by atoms with Gasteiger partial charge in [0, 0.05) is 0 Å². The quantitative estimate of drug-likeness (QED) is 0.499. The Morgan fingerprint density at radius 1 is 1.13 bits per heavy atom. The second-order valence-electron chi connectivity index (χ2n) is 8.70. The number of rotatable bonds is 4. The Morgan fingerprint density at radius 2 is 1.91 bits per heavy atom. The molecule has 130 valence electrons. The fourth-order valence-corrected chi connectivity index (χ4v) is 5.20. The lowest BCUT2D eigenvalue weighted by molar-refractivity contribution is -0.323. The number of allylic oxidation sites excluding steroid dienone is 2. The van der Waals surface area contributed by atoms with Gasteiger partial charge in [-0.1, -0.05) is 52.8 Å². The molecule has 0 spiro atoms. The Hall–Kier alpha value is -0.600. The average molecular weight is 319 g/mol. The standard InChI is InChI=1S/C21H34O2/c1-14(2)15(3)6-7-16(4)18-8-9-19-17-11-13-22-23-20(17)10-12-21(18,19)5/h6-7,11,14-16,18-20H,8-10,12-13H2,1-5H3/b7-6+/t15-,16+,18+,19?,20-,21+/m0/s1. The summed E-state index contributed by atoms with van der Waals surface area (Å²) in [7, 11) is 0. The average Bonchev–Trinajstić information content (AvgIpc) is 2.90. The summed E-state index contributed by atoms with van der Waals surface area (Å²) in [5.41, 5.74) is 1.98. The molecule has 0 aromatic carbocycles. The third-order valence-corrected chi connectivity index (χ3v) is 7.10. The zero-order valence-corrected chi connectivity index (χ0v) is 15.5. The molecule has 2 fully saturated rings. The van der Waals surface area contributed by atoms with Crippen LogP contribution in [0.1, 0.15) is 60.3 Å². The van der Waals surface area contributed by atoms with Crippen LogP contribution in [0, 0.1) is 35.0 Å². The van der Waals surface area contributed by atoms with Gasteiger partial charge in [0.05, 0.1) is 0 Å². The maximum Gasteiger partial charge on any atom is 0.114 e. The Bertz CT molecular complexity index is 478. The van der Waals surface area contributed by atoms with Gasteiger partial charge in [0.15, 0.2) is 0 Å². The van der Waals surface area contributed by atoms with Gasteiger partial charge in [-0.15, -0.1) is 0 Å². The van der Waals surface area contributed by atoms with Crippen LogP contribution in [-0.4, -0.2) is 12.7 Å². The van der Waals surface area contributed by atoms with E-state index in [4.69, 9.17) is 9.78 Å². The van der Waals surface area contributed by atoms with Crippen LogP contribution in [0.4, 0.5) is 0 Å². The highest BCUT2D eigenvalue weighted by Gasteiger charge is 2.53.